The zero-order valence-electron chi connectivity index (χ0n) is 11.4. The Morgan fingerprint density at radius 1 is 1.15 bits per heavy atom. The van der Waals surface area contributed by atoms with Crippen molar-refractivity contribution in [3.8, 4) is 5.75 Å². The Hall–Kier alpha value is -1.94. The van der Waals surface area contributed by atoms with E-state index in [9.17, 15) is 13.9 Å². The molecule has 0 fully saturated rings. The molecule has 0 aromatic heterocycles. The Balaban J connectivity index is 2.19. The molecule has 0 aliphatic rings. The molecule has 1 N–H and O–H groups in total. The minimum Gasteiger partial charge on any atom is -0.494 e. The average molecular weight is 278 g/mol. The van der Waals surface area contributed by atoms with Crippen molar-refractivity contribution in [1.29, 1.82) is 0 Å². The van der Waals surface area contributed by atoms with E-state index in [1.54, 1.807) is 19.1 Å². The van der Waals surface area contributed by atoms with Crippen molar-refractivity contribution in [1.82, 2.24) is 0 Å². The van der Waals surface area contributed by atoms with E-state index >= 15 is 0 Å². The molecule has 0 radical (unpaired) electrons. The van der Waals surface area contributed by atoms with E-state index in [0.717, 1.165) is 11.1 Å². The highest BCUT2D eigenvalue weighted by molar-refractivity contribution is 5.33. The van der Waals surface area contributed by atoms with Crippen LogP contribution < -0.4 is 4.74 Å². The summed E-state index contributed by atoms with van der Waals surface area (Å²) in [5, 5.41) is 10.2. The van der Waals surface area contributed by atoms with Crippen LogP contribution in [0.25, 0.3) is 0 Å². The Bertz CT molecular complexity index is 611. The van der Waals surface area contributed by atoms with Crippen LogP contribution in [0.5, 0.6) is 5.75 Å². The van der Waals surface area contributed by atoms with Gasteiger partial charge in [-0.15, -0.1) is 0 Å². The van der Waals surface area contributed by atoms with Crippen LogP contribution in [0.1, 0.15) is 22.8 Å². The zero-order valence-corrected chi connectivity index (χ0v) is 11.4. The van der Waals surface area contributed by atoms with Gasteiger partial charge in [0.05, 0.1) is 13.2 Å². The maximum atomic E-state index is 13.6. The number of benzene rings is 2. The van der Waals surface area contributed by atoms with Crippen LogP contribution in [0.15, 0.2) is 36.4 Å². The van der Waals surface area contributed by atoms with Crippen molar-refractivity contribution in [2.24, 2.45) is 0 Å². The summed E-state index contributed by atoms with van der Waals surface area (Å²) in [4.78, 5) is 0. The highest BCUT2D eigenvalue weighted by atomic mass is 19.1. The minimum absolute atomic E-state index is 0.138. The van der Waals surface area contributed by atoms with E-state index in [2.05, 4.69) is 0 Å². The van der Waals surface area contributed by atoms with Crippen LogP contribution in [-0.4, -0.2) is 12.2 Å². The Kier molecular flexibility index (Phi) is 4.35. The average Bonchev–Trinajstić information content (AvgIpc) is 2.41. The third-order valence-corrected chi connectivity index (χ3v) is 3.28. The number of aliphatic hydroxyl groups is 1. The fraction of sp³-hybridized carbons (Fsp3) is 0.250. The summed E-state index contributed by atoms with van der Waals surface area (Å²) in [5.41, 5.74) is 2.06. The molecule has 2 rings (SSSR count). The minimum atomic E-state index is -0.848. The molecule has 0 spiro atoms. The van der Waals surface area contributed by atoms with Gasteiger partial charge in [0.15, 0.2) is 11.6 Å². The number of ether oxygens (including phenoxy) is 1. The summed E-state index contributed by atoms with van der Waals surface area (Å²) in [6, 6.07) is 8.74. The summed E-state index contributed by atoms with van der Waals surface area (Å²) in [6.45, 7) is 1.78. The topological polar surface area (TPSA) is 29.5 Å². The second kappa shape index (κ2) is 6.01. The molecule has 0 bridgehead atoms. The Morgan fingerprint density at radius 3 is 2.50 bits per heavy atom. The lowest BCUT2D eigenvalue weighted by Crippen LogP contribution is -2.04. The van der Waals surface area contributed by atoms with Crippen LogP contribution >= 0.6 is 0 Å². The quantitative estimate of drug-likeness (QED) is 0.926. The van der Waals surface area contributed by atoms with Gasteiger partial charge >= 0.3 is 0 Å². The van der Waals surface area contributed by atoms with Crippen LogP contribution in [0, 0.1) is 18.6 Å². The monoisotopic (exact) mass is 278 g/mol. The molecular formula is C16H16F2O2. The van der Waals surface area contributed by atoms with Gasteiger partial charge in [-0.05, 0) is 47.9 Å². The second-order valence-corrected chi connectivity index (χ2v) is 4.68. The number of aliphatic hydroxyl groups excluding tert-OH is 1. The summed E-state index contributed by atoms with van der Waals surface area (Å²) >= 11 is 0. The molecule has 0 amide bonds. The lowest BCUT2D eigenvalue weighted by molar-refractivity contribution is 0.177. The molecule has 2 aromatic rings. The predicted molar refractivity (Wildman–Crippen MR) is 72.8 cm³/mol. The molecule has 20 heavy (non-hydrogen) atoms. The maximum absolute atomic E-state index is 13.6. The van der Waals surface area contributed by atoms with Gasteiger partial charge in [-0.1, -0.05) is 12.1 Å². The van der Waals surface area contributed by atoms with Gasteiger partial charge in [-0.2, -0.15) is 0 Å². The van der Waals surface area contributed by atoms with Crippen LogP contribution in [-0.2, 0) is 6.42 Å². The summed E-state index contributed by atoms with van der Waals surface area (Å²) in [6.07, 6.45) is -0.544. The molecule has 0 saturated carbocycles. The summed E-state index contributed by atoms with van der Waals surface area (Å²) in [5.74, 6) is -0.685. The molecule has 4 heteroatoms. The van der Waals surface area contributed by atoms with Crippen LogP contribution in [0.4, 0.5) is 8.78 Å². The first-order chi connectivity index (χ1) is 9.51. The van der Waals surface area contributed by atoms with Crippen molar-refractivity contribution < 1.29 is 18.6 Å². The number of halogens is 2. The van der Waals surface area contributed by atoms with E-state index in [1.807, 2.05) is 0 Å². The highest BCUT2D eigenvalue weighted by Gasteiger charge is 2.13. The van der Waals surface area contributed by atoms with Crippen molar-refractivity contribution in [2.75, 3.05) is 7.11 Å². The molecule has 106 valence electrons. The lowest BCUT2D eigenvalue weighted by Gasteiger charge is -2.14. The van der Waals surface area contributed by atoms with Gasteiger partial charge in [0.2, 0.25) is 0 Å². The highest BCUT2D eigenvalue weighted by Crippen LogP contribution is 2.25. The van der Waals surface area contributed by atoms with Crippen molar-refractivity contribution in [3.05, 3.63) is 64.7 Å². The smallest absolute Gasteiger partial charge is 0.165 e. The van der Waals surface area contributed by atoms with E-state index in [1.165, 1.54) is 31.4 Å². The number of rotatable bonds is 4. The third-order valence-electron chi connectivity index (χ3n) is 3.28. The van der Waals surface area contributed by atoms with Crippen LogP contribution in [0.3, 0.4) is 0 Å². The Morgan fingerprint density at radius 2 is 1.90 bits per heavy atom. The van der Waals surface area contributed by atoms with Gasteiger partial charge in [0.25, 0.3) is 0 Å². The van der Waals surface area contributed by atoms with Crippen molar-refractivity contribution in [3.63, 3.8) is 0 Å². The largest absolute Gasteiger partial charge is 0.494 e. The van der Waals surface area contributed by atoms with E-state index in [4.69, 9.17) is 4.74 Å². The molecule has 0 aliphatic carbocycles. The maximum Gasteiger partial charge on any atom is 0.165 e. The number of hydrogen-bond donors (Lipinski definition) is 1. The number of aryl methyl sites for hydroxylation is 1. The van der Waals surface area contributed by atoms with E-state index < -0.39 is 11.9 Å². The standard InChI is InChI=1S/C16H16F2O2/c1-10-7-13(17)5-3-11(10)9-15(19)12-4-6-16(20-2)14(18)8-12/h3-8,15,19H,9H2,1-2H3. The molecular weight excluding hydrogens is 262 g/mol. The van der Waals surface area contributed by atoms with Gasteiger partial charge in [0.1, 0.15) is 5.82 Å². The zero-order chi connectivity index (χ0) is 14.7. The molecule has 1 atom stereocenters. The SMILES string of the molecule is COc1ccc(C(O)Cc2ccc(F)cc2C)cc1F. The first-order valence-electron chi connectivity index (χ1n) is 6.28. The predicted octanol–water partition coefficient (Wildman–Crippen LogP) is 3.56. The fourth-order valence-corrected chi connectivity index (χ4v) is 2.10. The molecule has 0 aliphatic heterocycles. The molecule has 1 unspecified atom stereocenters. The van der Waals surface area contributed by atoms with Crippen LogP contribution in [0.2, 0.25) is 0 Å². The van der Waals surface area contributed by atoms with E-state index in [-0.39, 0.29) is 11.6 Å². The summed E-state index contributed by atoms with van der Waals surface area (Å²) < 4.78 is 31.4. The number of methoxy groups -OCH3 is 1. The van der Waals surface area contributed by atoms with Crippen molar-refractivity contribution in [2.45, 2.75) is 19.4 Å². The lowest BCUT2D eigenvalue weighted by atomic mass is 9.98. The molecule has 2 nitrogen and oxygen atoms in total. The van der Waals surface area contributed by atoms with E-state index in [0.29, 0.717) is 12.0 Å². The molecule has 0 saturated heterocycles. The molecule has 0 heterocycles. The van der Waals surface area contributed by atoms with Gasteiger partial charge < -0.3 is 9.84 Å². The third kappa shape index (κ3) is 3.14. The van der Waals surface area contributed by atoms with Gasteiger partial charge in [0, 0.05) is 6.42 Å². The molecule has 2 aromatic carbocycles. The fourth-order valence-electron chi connectivity index (χ4n) is 2.10. The first kappa shape index (κ1) is 14.5. The second-order valence-electron chi connectivity index (χ2n) is 4.68. The van der Waals surface area contributed by atoms with Crippen molar-refractivity contribution >= 4 is 0 Å². The normalized spacial score (nSPS) is 12.2. The number of hydrogen-bond acceptors (Lipinski definition) is 2. The first-order valence-corrected chi connectivity index (χ1v) is 6.28. The van der Waals surface area contributed by atoms with Gasteiger partial charge in [-0.3, -0.25) is 0 Å². The Labute approximate surface area is 116 Å². The van der Waals surface area contributed by atoms with Gasteiger partial charge in [-0.25, -0.2) is 8.78 Å². The summed E-state index contributed by atoms with van der Waals surface area (Å²) in [7, 11) is 1.39.